The Labute approximate surface area is 456 Å². The van der Waals surface area contributed by atoms with Crippen LogP contribution in [0.25, 0.3) is 22.5 Å². The van der Waals surface area contributed by atoms with Gasteiger partial charge in [-0.3, -0.25) is 0 Å². The number of benzene rings is 11. The molecule has 372 valence electrons. The summed E-state index contributed by atoms with van der Waals surface area (Å²) in [5.74, 6) is 0. The molecule has 0 amide bonds. The van der Waals surface area contributed by atoms with Crippen molar-refractivity contribution in [3.63, 3.8) is 0 Å². The topological polar surface area (TPSA) is 29.1 Å². The molecular formula is C72H54N6. The van der Waals surface area contributed by atoms with E-state index in [1.54, 1.807) is 0 Å². The fraction of sp³-hybridized carbons (Fsp3) is 0.0139. The highest BCUT2D eigenvalue weighted by Gasteiger charge is 2.24. The van der Waals surface area contributed by atoms with Crippen LogP contribution in [0.5, 0.6) is 0 Å². The van der Waals surface area contributed by atoms with Crippen molar-refractivity contribution in [3.05, 3.63) is 321 Å². The largest absolute Gasteiger partial charge is 0.337 e. The van der Waals surface area contributed by atoms with E-state index in [9.17, 15) is 0 Å². The van der Waals surface area contributed by atoms with Crippen molar-refractivity contribution in [1.82, 2.24) is 4.98 Å². The third kappa shape index (κ3) is 9.74. The maximum atomic E-state index is 5.36. The summed E-state index contributed by atoms with van der Waals surface area (Å²) < 4.78 is 0. The molecule has 0 N–H and O–H groups in total. The molecule has 0 saturated carbocycles. The molecule has 0 unspecified atom stereocenters. The van der Waals surface area contributed by atoms with Gasteiger partial charge >= 0.3 is 0 Å². The maximum Gasteiger partial charge on any atom is 0.0730 e. The SMILES string of the molecule is c1ccc(CN2c3cccc(c3)N(c3ccccc3)c3cccc(c3)N(c3ccccc3)c3cccc(c3)N(c3ccccc3)c3cccc(c3)N(c3cc(-c4ccccc4)nc(-c4ccccc4)c3)c3cccc2c3)cc1. The molecule has 0 spiro atoms. The molecule has 78 heavy (non-hydrogen) atoms. The molecule has 13 rings (SSSR count). The number of hydrogen-bond donors (Lipinski definition) is 0. The summed E-state index contributed by atoms with van der Waals surface area (Å²) in [6.45, 7) is 0.630. The molecule has 12 aromatic rings. The van der Waals surface area contributed by atoms with Gasteiger partial charge in [-0.25, -0.2) is 4.98 Å². The Bertz CT molecular complexity index is 3910. The molecule has 1 aliphatic heterocycles. The molecule has 0 atom stereocenters. The predicted octanol–water partition coefficient (Wildman–Crippen LogP) is 19.9. The zero-order valence-corrected chi connectivity index (χ0v) is 42.9. The van der Waals surface area contributed by atoms with E-state index in [0.717, 1.165) is 102 Å². The van der Waals surface area contributed by atoms with E-state index in [1.165, 1.54) is 5.56 Å². The number of nitrogens with zero attached hydrogens (tertiary/aromatic N) is 6. The van der Waals surface area contributed by atoms with Crippen molar-refractivity contribution in [2.75, 3.05) is 24.5 Å². The summed E-state index contributed by atoms with van der Waals surface area (Å²) in [7, 11) is 0. The number of fused-ring (bicyclic) bond motifs is 10. The highest BCUT2D eigenvalue weighted by atomic mass is 15.2. The number of para-hydroxylation sites is 3. The second kappa shape index (κ2) is 21.4. The summed E-state index contributed by atoms with van der Waals surface area (Å²) in [5, 5.41) is 0. The van der Waals surface area contributed by atoms with Crippen LogP contribution in [0.1, 0.15) is 5.56 Å². The van der Waals surface area contributed by atoms with Gasteiger partial charge in [0.2, 0.25) is 0 Å². The van der Waals surface area contributed by atoms with Crippen molar-refractivity contribution < 1.29 is 0 Å². The molecule has 6 heteroatoms. The molecule has 2 heterocycles. The Morgan fingerprint density at radius 3 is 0.769 bits per heavy atom. The van der Waals surface area contributed by atoms with Crippen LogP contribution in [-0.4, -0.2) is 4.98 Å². The first kappa shape index (κ1) is 47.3. The van der Waals surface area contributed by atoms with Crippen LogP contribution in [0.15, 0.2) is 315 Å². The Balaban J connectivity index is 1.10. The van der Waals surface area contributed by atoms with E-state index in [-0.39, 0.29) is 0 Å². The van der Waals surface area contributed by atoms with Gasteiger partial charge in [0.15, 0.2) is 0 Å². The van der Waals surface area contributed by atoms with Gasteiger partial charge in [0.1, 0.15) is 0 Å². The lowest BCUT2D eigenvalue weighted by Gasteiger charge is -2.33. The lowest BCUT2D eigenvalue weighted by molar-refractivity contribution is 0.974. The Morgan fingerprint density at radius 2 is 0.449 bits per heavy atom. The normalized spacial score (nSPS) is 12.3. The molecule has 0 radical (unpaired) electrons. The average Bonchev–Trinajstić information content (AvgIpc) is 3.52. The standard InChI is InChI=1S/C72H54N6/c1-7-24-54(25-8-1)53-74-60-36-19-38-62(46-60)75(57-30-13-4-14-31-57)64-40-21-41-65(48-64)76(58-32-15-5-16-33-58)66-42-22-43-67(49-66)77(59-34-17-6-18-35-59)68-44-23-45-69(50-68)78(63-39-20-37-61(74)47-63)70-51-71(55-26-9-2-10-27-55)73-72(52-70)56-28-11-3-12-29-56/h1-52H,53H2. The van der Waals surface area contributed by atoms with Crippen LogP contribution in [0.4, 0.5) is 79.6 Å². The fourth-order valence-corrected chi connectivity index (χ4v) is 10.7. The van der Waals surface area contributed by atoms with E-state index in [4.69, 9.17) is 4.98 Å². The molecule has 10 bridgehead atoms. The van der Waals surface area contributed by atoms with Crippen LogP contribution in [0.3, 0.4) is 0 Å². The monoisotopic (exact) mass is 1000 g/mol. The number of pyridine rings is 1. The van der Waals surface area contributed by atoms with E-state index in [0.29, 0.717) is 6.54 Å². The van der Waals surface area contributed by atoms with Crippen molar-refractivity contribution in [2.24, 2.45) is 0 Å². The minimum absolute atomic E-state index is 0.630. The van der Waals surface area contributed by atoms with E-state index in [1.807, 2.05) is 0 Å². The highest BCUT2D eigenvalue weighted by molar-refractivity contribution is 5.90. The van der Waals surface area contributed by atoms with Crippen LogP contribution in [-0.2, 0) is 6.54 Å². The second-order valence-electron chi connectivity index (χ2n) is 19.3. The predicted molar refractivity (Wildman–Crippen MR) is 326 cm³/mol. The number of hydrogen-bond acceptors (Lipinski definition) is 6. The van der Waals surface area contributed by atoms with Crippen LogP contribution >= 0.6 is 0 Å². The Kier molecular flexibility index (Phi) is 13.0. The minimum Gasteiger partial charge on any atom is -0.337 e. The maximum absolute atomic E-state index is 5.36. The fourth-order valence-electron chi connectivity index (χ4n) is 10.7. The number of rotatable bonds is 8. The van der Waals surface area contributed by atoms with Gasteiger partial charge < -0.3 is 24.5 Å². The zero-order valence-electron chi connectivity index (χ0n) is 42.9. The van der Waals surface area contributed by atoms with E-state index >= 15 is 0 Å². The summed E-state index contributed by atoms with van der Waals surface area (Å²) in [4.78, 5) is 17.3. The van der Waals surface area contributed by atoms with Crippen molar-refractivity contribution in [1.29, 1.82) is 0 Å². The van der Waals surface area contributed by atoms with Gasteiger partial charge in [0, 0.05) is 91.6 Å². The third-order valence-corrected chi connectivity index (χ3v) is 14.3. The Hall–Kier alpha value is -10.4. The zero-order chi connectivity index (χ0) is 52.0. The van der Waals surface area contributed by atoms with Crippen molar-refractivity contribution in [2.45, 2.75) is 6.54 Å². The molecule has 0 saturated heterocycles. The highest BCUT2D eigenvalue weighted by Crippen LogP contribution is 2.47. The van der Waals surface area contributed by atoms with Gasteiger partial charge in [0.25, 0.3) is 0 Å². The lowest BCUT2D eigenvalue weighted by atomic mass is 10.0. The van der Waals surface area contributed by atoms with Crippen molar-refractivity contribution in [3.8, 4) is 22.5 Å². The third-order valence-electron chi connectivity index (χ3n) is 14.3. The first-order chi connectivity index (χ1) is 38.7. The first-order valence-electron chi connectivity index (χ1n) is 26.5. The summed E-state index contributed by atoms with van der Waals surface area (Å²) >= 11 is 0. The lowest BCUT2D eigenvalue weighted by Crippen LogP contribution is -2.19. The Morgan fingerprint density at radius 1 is 0.205 bits per heavy atom. The average molecular weight is 1000 g/mol. The summed E-state index contributed by atoms with van der Waals surface area (Å²) in [6.07, 6.45) is 0. The van der Waals surface area contributed by atoms with Crippen LogP contribution in [0, 0.1) is 0 Å². The smallest absolute Gasteiger partial charge is 0.0730 e. The van der Waals surface area contributed by atoms with Crippen LogP contribution in [0.2, 0.25) is 0 Å². The summed E-state index contributed by atoms with van der Waals surface area (Å²) in [5.41, 5.74) is 19.3. The molecular weight excluding hydrogens is 949 g/mol. The first-order valence-corrected chi connectivity index (χ1v) is 26.5. The van der Waals surface area contributed by atoms with Gasteiger partial charge in [-0.2, -0.15) is 0 Å². The van der Waals surface area contributed by atoms with Gasteiger partial charge in [-0.15, -0.1) is 0 Å². The molecule has 0 aliphatic carbocycles. The second-order valence-corrected chi connectivity index (χ2v) is 19.3. The summed E-state index contributed by atoms with van der Waals surface area (Å²) in [6, 6.07) is 113. The minimum atomic E-state index is 0.630. The molecule has 6 nitrogen and oxygen atoms in total. The number of anilines is 14. The van der Waals surface area contributed by atoms with Crippen LogP contribution < -0.4 is 24.5 Å². The van der Waals surface area contributed by atoms with E-state index in [2.05, 4.69) is 340 Å². The molecule has 11 aromatic carbocycles. The quantitative estimate of drug-likeness (QED) is 0.151. The van der Waals surface area contributed by atoms with Gasteiger partial charge in [-0.1, -0.05) is 176 Å². The van der Waals surface area contributed by atoms with E-state index < -0.39 is 0 Å². The van der Waals surface area contributed by atoms with Crippen molar-refractivity contribution >= 4 is 79.6 Å². The van der Waals surface area contributed by atoms with Gasteiger partial charge in [0.05, 0.1) is 17.1 Å². The number of aromatic nitrogens is 1. The van der Waals surface area contributed by atoms with Gasteiger partial charge in [-0.05, 0) is 145 Å². The molecule has 1 aliphatic rings. The molecule has 1 aromatic heterocycles. The molecule has 0 fully saturated rings.